The Kier molecular flexibility index (Phi) is 3.44. The highest BCUT2D eigenvalue weighted by Crippen LogP contribution is 2.42. The van der Waals surface area contributed by atoms with E-state index >= 15 is 0 Å². The molecule has 4 nitrogen and oxygen atoms in total. The number of fused-ring (bicyclic) bond motifs is 4. The average molecular weight is 273 g/mol. The zero-order chi connectivity index (χ0) is 13.4. The van der Waals surface area contributed by atoms with Crippen LogP contribution in [0.4, 0.5) is 0 Å². The lowest BCUT2D eigenvalue weighted by Gasteiger charge is -2.35. The Balaban J connectivity index is 1.35. The van der Waals surface area contributed by atoms with Crippen molar-refractivity contribution in [2.75, 3.05) is 19.8 Å². The van der Waals surface area contributed by atoms with Crippen LogP contribution in [0.15, 0.2) is 12.5 Å². The van der Waals surface area contributed by atoms with E-state index in [0.29, 0.717) is 12.1 Å². The fourth-order valence-corrected chi connectivity index (χ4v) is 3.95. The van der Waals surface area contributed by atoms with Crippen LogP contribution in [0.5, 0.6) is 0 Å². The van der Waals surface area contributed by atoms with Crippen molar-refractivity contribution in [3.05, 3.63) is 23.8 Å². The number of hydrogen-bond donors (Lipinski definition) is 0. The second kappa shape index (κ2) is 5.41. The largest absolute Gasteiger partial charge is 0.380 e. The molecule has 0 spiro atoms. The first kappa shape index (κ1) is 12.7. The topological polar surface area (TPSA) is 38.2 Å². The summed E-state index contributed by atoms with van der Waals surface area (Å²) in [5.74, 6) is 0.849. The number of nitrogens with zero attached hydrogens (tertiary/aromatic N) is 3. The summed E-state index contributed by atoms with van der Waals surface area (Å²) in [5, 5.41) is 0. The minimum absolute atomic E-state index is 0.539. The molecule has 1 saturated heterocycles. The van der Waals surface area contributed by atoms with Crippen LogP contribution >= 0.6 is 0 Å². The Labute approximate surface area is 120 Å². The number of ether oxygens (including phenoxy) is 1. The minimum Gasteiger partial charge on any atom is -0.380 e. The van der Waals surface area contributed by atoms with Gasteiger partial charge in [-0.2, -0.15) is 0 Å². The van der Waals surface area contributed by atoms with Gasteiger partial charge >= 0.3 is 0 Å². The van der Waals surface area contributed by atoms with E-state index in [9.17, 15) is 0 Å². The molecular formula is C16H23N3O. The van der Waals surface area contributed by atoms with Gasteiger partial charge in [-0.15, -0.1) is 0 Å². The van der Waals surface area contributed by atoms with Gasteiger partial charge in [0.2, 0.25) is 0 Å². The van der Waals surface area contributed by atoms with Crippen molar-refractivity contribution in [1.82, 2.24) is 14.9 Å². The molecule has 2 aliphatic heterocycles. The lowest BCUT2D eigenvalue weighted by molar-refractivity contribution is 0.0421. The van der Waals surface area contributed by atoms with Crippen LogP contribution in [0.3, 0.4) is 0 Å². The van der Waals surface area contributed by atoms with Crippen LogP contribution in [-0.4, -0.2) is 40.7 Å². The highest BCUT2D eigenvalue weighted by Gasteiger charge is 2.40. The van der Waals surface area contributed by atoms with Gasteiger partial charge in [0.15, 0.2) is 0 Å². The van der Waals surface area contributed by atoms with E-state index in [1.165, 1.54) is 43.4 Å². The number of aromatic nitrogens is 2. The van der Waals surface area contributed by atoms with E-state index in [2.05, 4.69) is 14.9 Å². The molecule has 20 heavy (non-hydrogen) atoms. The van der Waals surface area contributed by atoms with Crippen LogP contribution in [0, 0.1) is 5.92 Å². The van der Waals surface area contributed by atoms with Gasteiger partial charge in [0.25, 0.3) is 0 Å². The van der Waals surface area contributed by atoms with Gasteiger partial charge in [0, 0.05) is 43.4 Å². The fourth-order valence-electron chi connectivity index (χ4n) is 3.95. The average Bonchev–Trinajstić information content (AvgIpc) is 2.70. The number of rotatable bonds is 5. The zero-order valence-corrected chi connectivity index (χ0v) is 12.0. The lowest BCUT2D eigenvalue weighted by Crippen LogP contribution is -2.40. The van der Waals surface area contributed by atoms with E-state index in [0.717, 1.165) is 32.1 Å². The molecule has 3 heterocycles. The van der Waals surface area contributed by atoms with Crippen LogP contribution in [0.1, 0.15) is 49.4 Å². The smallest absolute Gasteiger partial charge is 0.115 e. The lowest BCUT2D eigenvalue weighted by atomic mass is 9.86. The van der Waals surface area contributed by atoms with Gasteiger partial charge in [0.05, 0.1) is 12.3 Å². The maximum atomic E-state index is 5.88. The van der Waals surface area contributed by atoms with Crippen LogP contribution < -0.4 is 0 Å². The van der Waals surface area contributed by atoms with Gasteiger partial charge < -0.3 is 4.74 Å². The quantitative estimate of drug-likeness (QED) is 0.772. The molecule has 4 heteroatoms. The van der Waals surface area contributed by atoms with Crippen molar-refractivity contribution in [2.45, 2.75) is 50.6 Å². The van der Waals surface area contributed by atoms with Crippen LogP contribution in [0.2, 0.25) is 0 Å². The first-order chi connectivity index (χ1) is 9.92. The van der Waals surface area contributed by atoms with Gasteiger partial charge in [-0.05, 0) is 31.6 Å². The van der Waals surface area contributed by atoms with E-state index in [-0.39, 0.29) is 0 Å². The molecule has 108 valence electrons. The van der Waals surface area contributed by atoms with Crippen molar-refractivity contribution in [1.29, 1.82) is 0 Å². The van der Waals surface area contributed by atoms with E-state index in [1.807, 2.05) is 6.20 Å². The summed E-state index contributed by atoms with van der Waals surface area (Å²) in [5.41, 5.74) is 2.64. The second-order valence-corrected chi connectivity index (χ2v) is 6.49. The molecule has 1 aliphatic carbocycles. The summed E-state index contributed by atoms with van der Waals surface area (Å²) >= 11 is 0. The Hall–Kier alpha value is -1.00. The Morgan fingerprint density at radius 3 is 3.05 bits per heavy atom. The molecule has 0 aromatic carbocycles. The summed E-state index contributed by atoms with van der Waals surface area (Å²) in [4.78, 5) is 11.3. The first-order valence-corrected chi connectivity index (χ1v) is 8.04. The molecule has 2 unspecified atom stereocenters. The zero-order valence-electron chi connectivity index (χ0n) is 12.0. The molecule has 0 amide bonds. The van der Waals surface area contributed by atoms with Crippen LogP contribution in [-0.2, 0) is 11.2 Å². The third-order valence-electron chi connectivity index (χ3n) is 5.33. The number of hydrogen-bond acceptors (Lipinski definition) is 4. The van der Waals surface area contributed by atoms with Gasteiger partial charge in [-0.25, -0.2) is 9.97 Å². The standard InChI is InChI=1S/C16H23N3O/c1-2-12(3-1)10-20-7-6-19-13-4-5-16(19)14-9-17-11-18-15(14)8-13/h9,11-13,16H,1-8,10H2. The summed E-state index contributed by atoms with van der Waals surface area (Å²) in [7, 11) is 0. The second-order valence-electron chi connectivity index (χ2n) is 6.49. The van der Waals surface area contributed by atoms with Crippen molar-refractivity contribution < 1.29 is 4.74 Å². The molecule has 1 saturated carbocycles. The molecule has 3 aliphatic rings. The molecule has 1 aromatic heterocycles. The Bertz CT molecular complexity index is 475. The molecule has 0 N–H and O–H groups in total. The van der Waals surface area contributed by atoms with Gasteiger partial charge in [-0.1, -0.05) is 6.42 Å². The van der Waals surface area contributed by atoms with Crippen molar-refractivity contribution >= 4 is 0 Å². The minimum atomic E-state index is 0.539. The fraction of sp³-hybridized carbons (Fsp3) is 0.750. The maximum Gasteiger partial charge on any atom is 0.115 e. The first-order valence-electron chi connectivity index (χ1n) is 8.04. The van der Waals surface area contributed by atoms with Crippen molar-refractivity contribution in [3.8, 4) is 0 Å². The van der Waals surface area contributed by atoms with E-state index in [1.54, 1.807) is 6.33 Å². The third-order valence-corrected chi connectivity index (χ3v) is 5.33. The molecule has 4 rings (SSSR count). The third kappa shape index (κ3) is 2.25. The summed E-state index contributed by atoms with van der Waals surface area (Å²) in [6, 6.07) is 1.21. The summed E-state index contributed by atoms with van der Waals surface area (Å²) < 4.78 is 5.88. The van der Waals surface area contributed by atoms with Gasteiger partial charge in [0.1, 0.15) is 6.33 Å². The molecule has 2 fully saturated rings. The van der Waals surface area contributed by atoms with Crippen molar-refractivity contribution in [3.63, 3.8) is 0 Å². The predicted molar refractivity (Wildman–Crippen MR) is 76.4 cm³/mol. The molecule has 2 atom stereocenters. The SMILES string of the molecule is c1ncc2c(n1)CC1CCC2N1CCOCC1CCC1. The van der Waals surface area contributed by atoms with Crippen molar-refractivity contribution in [2.24, 2.45) is 5.92 Å². The van der Waals surface area contributed by atoms with Crippen LogP contribution in [0.25, 0.3) is 0 Å². The summed E-state index contributed by atoms with van der Waals surface area (Å²) in [6.45, 7) is 2.92. The van der Waals surface area contributed by atoms with E-state index in [4.69, 9.17) is 4.74 Å². The molecule has 0 radical (unpaired) electrons. The summed E-state index contributed by atoms with van der Waals surface area (Å²) in [6.07, 6.45) is 11.5. The highest BCUT2D eigenvalue weighted by atomic mass is 16.5. The Morgan fingerprint density at radius 2 is 2.20 bits per heavy atom. The highest BCUT2D eigenvalue weighted by molar-refractivity contribution is 5.27. The molecular weight excluding hydrogens is 250 g/mol. The molecule has 1 aromatic rings. The van der Waals surface area contributed by atoms with Gasteiger partial charge in [-0.3, -0.25) is 4.90 Å². The Morgan fingerprint density at radius 1 is 1.25 bits per heavy atom. The monoisotopic (exact) mass is 273 g/mol. The predicted octanol–water partition coefficient (Wildman–Crippen LogP) is 2.35. The normalized spacial score (nSPS) is 29.2. The molecule has 2 bridgehead atoms. The van der Waals surface area contributed by atoms with E-state index < -0.39 is 0 Å². The maximum absolute atomic E-state index is 5.88.